The maximum absolute atomic E-state index is 11.9. The Labute approximate surface area is 192 Å². The number of anilines is 1. The van der Waals surface area contributed by atoms with E-state index in [2.05, 4.69) is 27.4 Å². The van der Waals surface area contributed by atoms with E-state index in [0.29, 0.717) is 19.1 Å². The molecule has 1 amide bonds. The maximum atomic E-state index is 11.9. The van der Waals surface area contributed by atoms with Gasteiger partial charge in [-0.05, 0) is 31.9 Å². The van der Waals surface area contributed by atoms with Crippen LogP contribution in [0.5, 0.6) is 0 Å². The summed E-state index contributed by atoms with van der Waals surface area (Å²) >= 11 is 0. The maximum Gasteiger partial charge on any atom is 0.236 e. The number of nitrogens with zero attached hydrogens (tertiary/aromatic N) is 5. The molecule has 8 nitrogen and oxygen atoms in total. The van der Waals surface area contributed by atoms with Crippen LogP contribution in [0.3, 0.4) is 0 Å². The molecule has 0 unspecified atom stereocenters. The van der Waals surface area contributed by atoms with E-state index in [1.807, 2.05) is 37.2 Å². The Hall–Kier alpha value is -1.62. The highest BCUT2D eigenvalue weighted by atomic mass is 127. The molecule has 0 aliphatic carbocycles. The highest BCUT2D eigenvalue weighted by molar-refractivity contribution is 14.0. The van der Waals surface area contributed by atoms with Crippen LogP contribution in [0.2, 0.25) is 0 Å². The van der Waals surface area contributed by atoms with Crippen LogP contribution in [0.15, 0.2) is 23.2 Å². The van der Waals surface area contributed by atoms with Gasteiger partial charge in [0.1, 0.15) is 5.82 Å². The van der Waals surface area contributed by atoms with Gasteiger partial charge in [-0.15, -0.1) is 24.0 Å². The van der Waals surface area contributed by atoms with E-state index in [1.165, 1.54) is 0 Å². The number of hydrogen-bond donors (Lipinski definition) is 2. The van der Waals surface area contributed by atoms with Crippen molar-refractivity contribution in [3.05, 3.63) is 23.9 Å². The largest absolute Gasteiger partial charge is 0.363 e. The van der Waals surface area contributed by atoms with Crippen LogP contribution in [0.25, 0.3) is 0 Å². The van der Waals surface area contributed by atoms with E-state index >= 15 is 0 Å². The Morgan fingerprint density at radius 1 is 1.24 bits per heavy atom. The minimum Gasteiger partial charge on any atom is -0.363 e. The van der Waals surface area contributed by atoms with Crippen molar-refractivity contribution in [1.29, 1.82) is 0 Å². The number of aliphatic imine (C=N–C) groups is 1. The van der Waals surface area contributed by atoms with Gasteiger partial charge in [-0.1, -0.05) is 6.07 Å². The number of halogens is 1. The van der Waals surface area contributed by atoms with Crippen molar-refractivity contribution in [2.75, 3.05) is 59.3 Å². The van der Waals surface area contributed by atoms with Crippen LogP contribution in [0.4, 0.5) is 5.82 Å². The number of amides is 1. The predicted molar refractivity (Wildman–Crippen MR) is 130 cm³/mol. The van der Waals surface area contributed by atoms with Crippen LogP contribution in [-0.2, 0) is 11.3 Å². The van der Waals surface area contributed by atoms with Crippen molar-refractivity contribution in [3.8, 4) is 0 Å². The summed E-state index contributed by atoms with van der Waals surface area (Å²) < 4.78 is 0. The second-order valence-corrected chi connectivity index (χ2v) is 7.56. The van der Waals surface area contributed by atoms with Gasteiger partial charge in [0.25, 0.3) is 0 Å². The quantitative estimate of drug-likeness (QED) is 0.324. The molecule has 1 aliphatic heterocycles. The van der Waals surface area contributed by atoms with E-state index in [0.717, 1.165) is 49.9 Å². The molecule has 2 heterocycles. The van der Waals surface area contributed by atoms with E-state index in [4.69, 9.17) is 4.99 Å². The van der Waals surface area contributed by atoms with Gasteiger partial charge in [-0.2, -0.15) is 0 Å². The zero-order valence-corrected chi connectivity index (χ0v) is 20.6. The number of pyridine rings is 1. The predicted octanol–water partition coefficient (Wildman–Crippen LogP) is 1.37. The van der Waals surface area contributed by atoms with Crippen LogP contribution < -0.4 is 15.5 Å². The van der Waals surface area contributed by atoms with E-state index in [1.54, 1.807) is 19.0 Å². The van der Waals surface area contributed by atoms with Crippen LogP contribution in [0.1, 0.15) is 25.5 Å². The first-order valence-electron chi connectivity index (χ1n) is 9.99. The van der Waals surface area contributed by atoms with E-state index in [-0.39, 0.29) is 29.9 Å². The van der Waals surface area contributed by atoms with Gasteiger partial charge in [0.05, 0.1) is 18.8 Å². The summed E-state index contributed by atoms with van der Waals surface area (Å²) in [5, 5.41) is 6.86. The van der Waals surface area contributed by atoms with Gasteiger partial charge in [-0.3, -0.25) is 9.69 Å². The number of hydrogen-bond acceptors (Lipinski definition) is 5. The standard InChI is InChI=1S/C20H35N7O.HI/c1-6-21-20(22-14-17-8-7-9-18(23-17)25(2)3)24-16-10-12-27(13-11-16)15-19(28)26(4)5;/h7-9,16H,6,10-15H2,1-5H3,(H2,21,22,24);1H. The number of piperidine rings is 1. The number of rotatable bonds is 7. The van der Waals surface area contributed by atoms with Gasteiger partial charge in [-0.25, -0.2) is 9.98 Å². The molecule has 0 bridgehead atoms. The van der Waals surface area contributed by atoms with Gasteiger partial charge in [0.2, 0.25) is 5.91 Å². The first kappa shape index (κ1) is 25.4. The Bertz CT molecular complexity index is 658. The Kier molecular flexibility index (Phi) is 11.3. The van der Waals surface area contributed by atoms with Gasteiger partial charge in [0, 0.05) is 53.9 Å². The normalized spacial score (nSPS) is 15.4. The molecular weight excluding hydrogens is 481 g/mol. The van der Waals surface area contributed by atoms with Crippen LogP contribution in [-0.4, -0.2) is 87.1 Å². The third-order valence-electron chi connectivity index (χ3n) is 4.78. The summed E-state index contributed by atoms with van der Waals surface area (Å²) in [4.78, 5) is 27.1. The van der Waals surface area contributed by atoms with Gasteiger partial charge in [0.15, 0.2) is 5.96 Å². The smallest absolute Gasteiger partial charge is 0.236 e. The molecule has 0 radical (unpaired) electrons. The highest BCUT2D eigenvalue weighted by Gasteiger charge is 2.22. The molecule has 1 saturated heterocycles. The minimum atomic E-state index is 0. The number of guanidine groups is 1. The molecule has 1 fully saturated rings. The van der Waals surface area contributed by atoms with E-state index < -0.39 is 0 Å². The number of carbonyl (C=O) groups is 1. The van der Waals surface area contributed by atoms with E-state index in [9.17, 15) is 4.79 Å². The molecule has 1 aromatic rings. The molecule has 1 aromatic heterocycles. The van der Waals surface area contributed by atoms with Crippen molar-refractivity contribution in [3.63, 3.8) is 0 Å². The first-order valence-corrected chi connectivity index (χ1v) is 9.99. The summed E-state index contributed by atoms with van der Waals surface area (Å²) in [5.74, 6) is 1.92. The summed E-state index contributed by atoms with van der Waals surface area (Å²) in [6, 6.07) is 6.37. The summed E-state index contributed by atoms with van der Waals surface area (Å²) in [6.45, 7) is 5.76. The molecule has 0 atom stereocenters. The van der Waals surface area contributed by atoms with Crippen LogP contribution >= 0.6 is 24.0 Å². The lowest BCUT2D eigenvalue weighted by molar-refractivity contribution is -0.130. The third-order valence-corrected chi connectivity index (χ3v) is 4.78. The second-order valence-electron chi connectivity index (χ2n) is 7.56. The molecular formula is C20H36IN7O. The Morgan fingerprint density at radius 2 is 1.93 bits per heavy atom. The van der Waals surface area contributed by atoms with Crippen molar-refractivity contribution in [2.24, 2.45) is 4.99 Å². The second kappa shape index (κ2) is 12.8. The highest BCUT2D eigenvalue weighted by Crippen LogP contribution is 2.11. The lowest BCUT2D eigenvalue weighted by Gasteiger charge is -2.33. The average Bonchev–Trinajstić information content (AvgIpc) is 2.68. The fourth-order valence-electron chi connectivity index (χ4n) is 3.05. The van der Waals surface area contributed by atoms with Crippen molar-refractivity contribution >= 4 is 41.7 Å². The van der Waals surface area contributed by atoms with Crippen molar-refractivity contribution in [2.45, 2.75) is 32.4 Å². The average molecular weight is 517 g/mol. The minimum absolute atomic E-state index is 0. The number of aromatic nitrogens is 1. The Morgan fingerprint density at radius 3 is 2.52 bits per heavy atom. The molecule has 0 spiro atoms. The lowest BCUT2D eigenvalue weighted by atomic mass is 10.1. The summed E-state index contributed by atoms with van der Waals surface area (Å²) in [7, 11) is 7.58. The van der Waals surface area contributed by atoms with Gasteiger partial charge < -0.3 is 20.4 Å². The van der Waals surface area contributed by atoms with Crippen molar-refractivity contribution < 1.29 is 4.79 Å². The molecule has 0 saturated carbocycles. The molecule has 1 aliphatic rings. The SMILES string of the molecule is CCNC(=NCc1cccc(N(C)C)n1)NC1CCN(CC(=O)N(C)C)CC1.I. The lowest BCUT2D eigenvalue weighted by Crippen LogP contribution is -2.50. The molecule has 2 rings (SSSR count). The fraction of sp³-hybridized carbons (Fsp3) is 0.650. The molecule has 0 aromatic carbocycles. The molecule has 29 heavy (non-hydrogen) atoms. The zero-order chi connectivity index (χ0) is 20.5. The fourth-order valence-corrected chi connectivity index (χ4v) is 3.05. The number of nitrogens with one attached hydrogen (secondary N) is 2. The van der Waals surface area contributed by atoms with Crippen molar-refractivity contribution in [1.82, 2.24) is 25.4 Å². The monoisotopic (exact) mass is 517 g/mol. The summed E-state index contributed by atoms with van der Waals surface area (Å²) in [6.07, 6.45) is 2.00. The Balaban J connectivity index is 0.00000420. The summed E-state index contributed by atoms with van der Waals surface area (Å²) in [5.41, 5.74) is 0.945. The molecule has 2 N–H and O–H groups in total. The number of likely N-dealkylation sites (tertiary alicyclic amines) is 1. The van der Waals surface area contributed by atoms with Crippen LogP contribution in [0, 0.1) is 0 Å². The van der Waals surface area contributed by atoms with Gasteiger partial charge >= 0.3 is 0 Å². The molecule has 164 valence electrons. The molecule has 9 heteroatoms. The third kappa shape index (κ3) is 8.73. The number of carbonyl (C=O) groups excluding carboxylic acids is 1. The first-order chi connectivity index (χ1) is 13.4. The zero-order valence-electron chi connectivity index (χ0n) is 18.3. The topological polar surface area (TPSA) is 76.1 Å². The number of likely N-dealkylation sites (N-methyl/N-ethyl adjacent to an activating group) is 1.